The smallest absolute Gasteiger partial charge is 0.0178 e. The van der Waals surface area contributed by atoms with Crippen molar-refractivity contribution in [2.45, 2.75) is 46.1 Å². The highest BCUT2D eigenvalue weighted by atomic mass is 79.9. The predicted molar refractivity (Wildman–Crippen MR) is 87.9 cm³/mol. The summed E-state index contributed by atoms with van der Waals surface area (Å²) in [5, 5.41) is 6.97. The van der Waals surface area contributed by atoms with E-state index in [9.17, 15) is 0 Å². The molecule has 0 heterocycles. The Morgan fingerprint density at radius 1 is 1.21 bits per heavy atom. The molecule has 2 N–H and O–H groups in total. The van der Waals surface area contributed by atoms with E-state index in [1.54, 1.807) is 0 Å². The van der Waals surface area contributed by atoms with E-state index < -0.39 is 0 Å². The second-order valence-corrected chi connectivity index (χ2v) is 7.04. The Kier molecular flexibility index (Phi) is 6.51. The van der Waals surface area contributed by atoms with Gasteiger partial charge < -0.3 is 10.6 Å². The molecule has 0 spiro atoms. The number of nitrogens with one attached hydrogen (secondary N) is 2. The van der Waals surface area contributed by atoms with Crippen molar-refractivity contribution in [3.63, 3.8) is 0 Å². The lowest BCUT2D eigenvalue weighted by Gasteiger charge is -2.28. The van der Waals surface area contributed by atoms with Gasteiger partial charge in [-0.1, -0.05) is 49.7 Å². The summed E-state index contributed by atoms with van der Waals surface area (Å²) in [5.41, 5.74) is 2.91. The van der Waals surface area contributed by atoms with Crippen LogP contribution in [0.2, 0.25) is 0 Å². The topological polar surface area (TPSA) is 24.1 Å². The third kappa shape index (κ3) is 5.64. The van der Waals surface area contributed by atoms with Crippen LogP contribution >= 0.6 is 15.9 Å². The standard InChI is InChI=1S/C16H27BrN2/c1-12(2)19-9-8-18-11-16(4,5)15-10-14(17)7-6-13(15)3/h6-7,10,12,18-19H,8-9,11H2,1-5H3. The highest BCUT2D eigenvalue weighted by molar-refractivity contribution is 9.10. The third-order valence-electron chi connectivity index (χ3n) is 3.35. The van der Waals surface area contributed by atoms with Crippen LogP contribution in [0.3, 0.4) is 0 Å². The summed E-state index contributed by atoms with van der Waals surface area (Å²) >= 11 is 3.57. The van der Waals surface area contributed by atoms with Crippen LogP contribution in [0.5, 0.6) is 0 Å². The quantitative estimate of drug-likeness (QED) is 0.748. The molecule has 0 aliphatic heterocycles. The van der Waals surface area contributed by atoms with Crippen LogP contribution in [-0.4, -0.2) is 25.7 Å². The van der Waals surface area contributed by atoms with E-state index in [1.807, 2.05) is 0 Å². The molecule has 0 saturated heterocycles. The van der Waals surface area contributed by atoms with Crippen molar-refractivity contribution in [3.05, 3.63) is 33.8 Å². The van der Waals surface area contributed by atoms with Gasteiger partial charge >= 0.3 is 0 Å². The van der Waals surface area contributed by atoms with Gasteiger partial charge in [-0.05, 0) is 30.2 Å². The average molecular weight is 327 g/mol. The van der Waals surface area contributed by atoms with Crippen molar-refractivity contribution in [1.82, 2.24) is 10.6 Å². The number of aryl methyl sites for hydroxylation is 1. The first kappa shape index (κ1) is 16.7. The van der Waals surface area contributed by atoms with Gasteiger partial charge in [-0.3, -0.25) is 0 Å². The molecular formula is C16H27BrN2. The third-order valence-corrected chi connectivity index (χ3v) is 3.84. The monoisotopic (exact) mass is 326 g/mol. The lowest BCUT2D eigenvalue weighted by Crippen LogP contribution is -2.38. The van der Waals surface area contributed by atoms with Gasteiger partial charge in [-0.2, -0.15) is 0 Å². The Bertz CT molecular complexity index is 400. The molecule has 108 valence electrons. The first-order valence-electron chi connectivity index (χ1n) is 7.03. The highest BCUT2D eigenvalue weighted by Gasteiger charge is 2.22. The summed E-state index contributed by atoms with van der Waals surface area (Å²) in [6.07, 6.45) is 0. The second kappa shape index (κ2) is 7.41. The van der Waals surface area contributed by atoms with E-state index in [1.165, 1.54) is 11.1 Å². The summed E-state index contributed by atoms with van der Waals surface area (Å²) in [7, 11) is 0. The Hall–Kier alpha value is -0.380. The van der Waals surface area contributed by atoms with Crippen molar-refractivity contribution in [1.29, 1.82) is 0 Å². The van der Waals surface area contributed by atoms with Crippen molar-refractivity contribution >= 4 is 15.9 Å². The van der Waals surface area contributed by atoms with Gasteiger partial charge in [0.2, 0.25) is 0 Å². The van der Waals surface area contributed by atoms with Gasteiger partial charge in [0.15, 0.2) is 0 Å². The van der Waals surface area contributed by atoms with E-state index in [4.69, 9.17) is 0 Å². The zero-order chi connectivity index (χ0) is 14.5. The molecule has 0 radical (unpaired) electrons. The maximum atomic E-state index is 3.57. The first-order valence-corrected chi connectivity index (χ1v) is 7.83. The fraction of sp³-hybridized carbons (Fsp3) is 0.625. The molecule has 1 aromatic carbocycles. The molecule has 1 rings (SSSR count). The minimum Gasteiger partial charge on any atom is -0.315 e. The molecule has 0 amide bonds. The fourth-order valence-corrected chi connectivity index (χ4v) is 2.63. The number of halogens is 1. The van der Waals surface area contributed by atoms with Crippen LogP contribution in [0.1, 0.15) is 38.8 Å². The Morgan fingerprint density at radius 2 is 1.89 bits per heavy atom. The first-order chi connectivity index (χ1) is 8.83. The van der Waals surface area contributed by atoms with Gasteiger partial charge in [-0.25, -0.2) is 0 Å². The van der Waals surface area contributed by atoms with Gasteiger partial charge in [0.25, 0.3) is 0 Å². The molecule has 19 heavy (non-hydrogen) atoms. The Balaban J connectivity index is 2.53. The summed E-state index contributed by atoms with van der Waals surface area (Å²) < 4.78 is 1.16. The van der Waals surface area contributed by atoms with Crippen molar-refractivity contribution in [3.8, 4) is 0 Å². The Morgan fingerprint density at radius 3 is 2.53 bits per heavy atom. The zero-order valence-corrected chi connectivity index (χ0v) is 14.4. The van der Waals surface area contributed by atoms with E-state index in [0.717, 1.165) is 24.1 Å². The van der Waals surface area contributed by atoms with E-state index in [2.05, 4.69) is 79.4 Å². The number of rotatable bonds is 7. The lowest BCUT2D eigenvalue weighted by molar-refractivity contribution is 0.457. The van der Waals surface area contributed by atoms with Gasteiger partial charge in [0, 0.05) is 35.6 Å². The second-order valence-electron chi connectivity index (χ2n) is 6.13. The van der Waals surface area contributed by atoms with Crippen LogP contribution in [0.4, 0.5) is 0 Å². The van der Waals surface area contributed by atoms with Crippen LogP contribution < -0.4 is 10.6 Å². The van der Waals surface area contributed by atoms with Crippen LogP contribution in [0.25, 0.3) is 0 Å². The number of benzene rings is 1. The molecule has 0 aliphatic rings. The molecule has 0 fully saturated rings. The molecule has 0 saturated carbocycles. The molecule has 0 bridgehead atoms. The van der Waals surface area contributed by atoms with Crippen molar-refractivity contribution in [2.75, 3.05) is 19.6 Å². The van der Waals surface area contributed by atoms with E-state index >= 15 is 0 Å². The molecule has 1 aromatic rings. The average Bonchev–Trinajstić information content (AvgIpc) is 2.31. The normalized spacial score (nSPS) is 12.2. The molecule has 2 nitrogen and oxygen atoms in total. The minimum absolute atomic E-state index is 0.145. The van der Waals surface area contributed by atoms with Crippen molar-refractivity contribution < 1.29 is 0 Å². The van der Waals surface area contributed by atoms with Gasteiger partial charge in [0.1, 0.15) is 0 Å². The molecule has 0 aliphatic carbocycles. The fourth-order valence-electron chi connectivity index (χ4n) is 2.27. The highest BCUT2D eigenvalue weighted by Crippen LogP contribution is 2.28. The summed E-state index contributed by atoms with van der Waals surface area (Å²) in [6, 6.07) is 7.09. The Labute approximate surface area is 126 Å². The predicted octanol–water partition coefficient (Wildman–Crippen LogP) is 3.62. The summed E-state index contributed by atoms with van der Waals surface area (Å²) in [4.78, 5) is 0. The lowest BCUT2D eigenvalue weighted by atomic mass is 9.82. The largest absolute Gasteiger partial charge is 0.315 e. The van der Waals surface area contributed by atoms with Crippen LogP contribution in [0.15, 0.2) is 22.7 Å². The molecular weight excluding hydrogens is 300 g/mol. The number of hydrogen-bond donors (Lipinski definition) is 2. The molecule has 0 atom stereocenters. The van der Waals surface area contributed by atoms with Gasteiger partial charge in [0.05, 0.1) is 0 Å². The SMILES string of the molecule is Cc1ccc(Br)cc1C(C)(C)CNCCNC(C)C. The van der Waals surface area contributed by atoms with Crippen LogP contribution in [0, 0.1) is 6.92 Å². The number of hydrogen-bond acceptors (Lipinski definition) is 2. The summed E-state index contributed by atoms with van der Waals surface area (Å²) in [5.74, 6) is 0. The van der Waals surface area contributed by atoms with Crippen molar-refractivity contribution in [2.24, 2.45) is 0 Å². The van der Waals surface area contributed by atoms with Gasteiger partial charge in [-0.15, -0.1) is 0 Å². The maximum Gasteiger partial charge on any atom is 0.0178 e. The molecule has 3 heteroatoms. The zero-order valence-electron chi connectivity index (χ0n) is 12.8. The maximum absolute atomic E-state index is 3.57. The van der Waals surface area contributed by atoms with Crippen LogP contribution in [-0.2, 0) is 5.41 Å². The van der Waals surface area contributed by atoms with E-state index in [0.29, 0.717) is 6.04 Å². The molecule has 0 unspecified atom stereocenters. The molecule has 0 aromatic heterocycles. The minimum atomic E-state index is 0.145. The summed E-state index contributed by atoms with van der Waals surface area (Å²) in [6.45, 7) is 14.1. The van der Waals surface area contributed by atoms with E-state index in [-0.39, 0.29) is 5.41 Å².